The summed E-state index contributed by atoms with van der Waals surface area (Å²) in [4.78, 5) is 25.0. The molecule has 0 fully saturated rings. The van der Waals surface area contributed by atoms with Crippen LogP contribution in [0.15, 0.2) is 40.9 Å². The van der Waals surface area contributed by atoms with Gasteiger partial charge in [0.05, 0.1) is 21.9 Å². The Morgan fingerprint density at radius 2 is 2.07 bits per heavy atom. The fourth-order valence-electron chi connectivity index (χ4n) is 2.68. The van der Waals surface area contributed by atoms with E-state index in [0.29, 0.717) is 23.0 Å². The third-order valence-electron chi connectivity index (χ3n) is 3.90. The van der Waals surface area contributed by atoms with Crippen LogP contribution in [0.1, 0.15) is 22.8 Å². The molecule has 2 amide bonds. The van der Waals surface area contributed by atoms with E-state index in [9.17, 15) is 9.59 Å². The summed E-state index contributed by atoms with van der Waals surface area (Å²) in [5.41, 5.74) is 6.90. The molecule has 0 aliphatic rings. The van der Waals surface area contributed by atoms with Crippen LogP contribution in [0.5, 0.6) is 0 Å². The Labute approximate surface area is 165 Å². The van der Waals surface area contributed by atoms with Gasteiger partial charge in [0.1, 0.15) is 0 Å². The van der Waals surface area contributed by atoms with E-state index in [1.54, 1.807) is 36.5 Å². The first-order valence-corrected chi connectivity index (χ1v) is 10.2. The largest absolute Gasteiger partial charge is 0.366 e. The van der Waals surface area contributed by atoms with Gasteiger partial charge in [0, 0.05) is 6.54 Å². The van der Waals surface area contributed by atoms with Gasteiger partial charge in [-0.3, -0.25) is 9.59 Å². The number of aryl methyl sites for hydroxylation is 1. The number of hydrogen-bond donors (Lipinski definition) is 2. The monoisotopic (exact) mass is 401 g/mol. The highest BCUT2D eigenvalue weighted by atomic mass is 32.2. The van der Waals surface area contributed by atoms with Crippen LogP contribution >= 0.6 is 23.1 Å². The van der Waals surface area contributed by atoms with Crippen LogP contribution in [0.3, 0.4) is 0 Å². The lowest BCUT2D eigenvalue weighted by Gasteiger charge is -2.11. The quantitative estimate of drug-likeness (QED) is 0.592. The third kappa shape index (κ3) is 4.20. The van der Waals surface area contributed by atoms with Crippen molar-refractivity contribution in [3.8, 4) is 10.7 Å². The molecule has 0 aliphatic heterocycles. The highest BCUT2D eigenvalue weighted by Gasteiger charge is 2.17. The number of benzene rings is 1. The fraction of sp³-hybridized carbons (Fsp3) is 0.222. The van der Waals surface area contributed by atoms with Gasteiger partial charge < -0.3 is 15.6 Å². The van der Waals surface area contributed by atoms with E-state index in [1.165, 1.54) is 11.8 Å². The summed E-state index contributed by atoms with van der Waals surface area (Å²) >= 11 is 2.90. The van der Waals surface area contributed by atoms with Gasteiger partial charge in [-0.25, -0.2) is 0 Å². The number of thiophene rings is 1. The Balaban J connectivity index is 1.71. The van der Waals surface area contributed by atoms with Gasteiger partial charge in [0.2, 0.25) is 5.91 Å². The van der Waals surface area contributed by atoms with Crippen molar-refractivity contribution >= 4 is 40.6 Å². The van der Waals surface area contributed by atoms with Gasteiger partial charge in [-0.05, 0) is 36.9 Å². The molecule has 2 aromatic heterocycles. The zero-order chi connectivity index (χ0) is 19.4. The lowest BCUT2D eigenvalue weighted by Crippen LogP contribution is -2.20. The van der Waals surface area contributed by atoms with Crippen molar-refractivity contribution in [1.29, 1.82) is 0 Å². The lowest BCUT2D eigenvalue weighted by molar-refractivity contribution is -0.113. The molecule has 0 spiro atoms. The predicted molar refractivity (Wildman–Crippen MR) is 108 cm³/mol. The van der Waals surface area contributed by atoms with Crippen LogP contribution in [0.4, 0.5) is 5.69 Å². The minimum atomic E-state index is -0.567. The van der Waals surface area contributed by atoms with Gasteiger partial charge in [-0.15, -0.1) is 21.5 Å². The van der Waals surface area contributed by atoms with Crippen LogP contribution in [0, 0.1) is 6.92 Å². The molecule has 1 aromatic carbocycles. The summed E-state index contributed by atoms with van der Waals surface area (Å²) in [6, 6.07) is 9.17. The average Bonchev–Trinajstić information content (AvgIpc) is 3.28. The average molecular weight is 402 g/mol. The molecule has 0 bridgehead atoms. The first-order chi connectivity index (χ1) is 13.0. The molecule has 9 heteroatoms. The lowest BCUT2D eigenvalue weighted by atomic mass is 10.1. The molecule has 0 unspecified atom stereocenters. The predicted octanol–water partition coefficient (Wildman–Crippen LogP) is 3.16. The van der Waals surface area contributed by atoms with Crippen molar-refractivity contribution in [2.75, 3.05) is 11.1 Å². The summed E-state index contributed by atoms with van der Waals surface area (Å²) in [5, 5.41) is 13.9. The van der Waals surface area contributed by atoms with E-state index < -0.39 is 5.91 Å². The van der Waals surface area contributed by atoms with Crippen LogP contribution in [0.25, 0.3) is 10.7 Å². The summed E-state index contributed by atoms with van der Waals surface area (Å²) < 4.78 is 1.98. The number of anilines is 1. The van der Waals surface area contributed by atoms with Gasteiger partial charge in [-0.2, -0.15) is 0 Å². The number of thioether (sulfide) groups is 1. The first-order valence-electron chi connectivity index (χ1n) is 8.30. The van der Waals surface area contributed by atoms with Crippen molar-refractivity contribution in [2.24, 2.45) is 5.73 Å². The fourth-order valence-corrected chi connectivity index (χ4v) is 4.20. The van der Waals surface area contributed by atoms with E-state index >= 15 is 0 Å². The Hall–Kier alpha value is -2.65. The highest BCUT2D eigenvalue weighted by molar-refractivity contribution is 7.99. The van der Waals surface area contributed by atoms with Gasteiger partial charge >= 0.3 is 0 Å². The van der Waals surface area contributed by atoms with Gasteiger partial charge in [0.25, 0.3) is 5.91 Å². The Morgan fingerprint density at radius 3 is 2.74 bits per heavy atom. The molecule has 3 aromatic rings. The molecule has 0 saturated heterocycles. The Kier molecular flexibility index (Phi) is 5.92. The van der Waals surface area contributed by atoms with Crippen molar-refractivity contribution in [2.45, 2.75) is 25.5 Å². The first kappa shape index (κ1) is 19.1. The maximum atomic E-state index is 12.4. The molecule has 3 N–H and O–H groups in total. The minimum Gasteiger partial charge on any atom is -0.366 e. The second-order valence-electron chi connectivity index (χ2n) is 5.73. The molecule has 27 heavy (non-hydrogen) atoms. The third-order valence-corrected chi connectivity index (χ3v) is 5.73. The molecule has 2 heterocycles. The molecule has 0 saturated carbocycles. The van der Waals surface area contributed by atoms with Gasteiger partial charge in [0.15, 0.2) is 11.0 Å². The van der Waals surface area contributed by atoms with Crippen LogP contribution < -0.4 is 11.1 Å². The number of rotatable bonds is 7. The molecule has 0 radical (unpaired) electrons. The normalized spacial score (nSPS) is 10.7. The minimum absolute atomic E-state index is 0.148. The Bertz CT molecular complexity index is 966. The maximum absolute atomic E-state index is 12.4. The zero-order valence-corrected chi connectivity index (χ0v) is 16.6. The number of nitrogens with one attached hydrogen (secondary N) is 1. The van der Waals surface area contributed by atoms with E-state index in [0.717, 1.165) is 16.3 Å². The SMILES string of the molecule is CCn1c(SCC(=O)Nc2cccc(C)c2C(N)=O)nnc1-c1cccs1. The summed E-state index contributed by atoms with van der Waals surface area (Å²) in [6.45, 7) is 4.49. The van der Waals surface area contributed by atoms with Crippen molar-refractivity contribution in [3.63, 3.8) is 0 Å². The molecule has 0 aliphatic carbocycles. The van der Waals surface area contributed by atoms with Crippen molar-refractivity contribution in [3.05, 3.63) is 46.8 Å². The Morgan fingerprint density at radius 1 is 1.26 bits per heavy atom. The second kappa shape index (κ2) is 8.36. The van der Waals surface area contributed by atoms with E-state index in [-0.39, 0.29) is 11.7 Å². The summed E-state index contributed by atoms with van der Waals surface area (Å²) in [6.07, 6.45) is 0. The number of aromatic nitrogens is 3. The number of amides is 2. The summed E-state index contributed by atoms with van der Waals surface area (Å²) in [7, 11) is 0. The second-order valence-corrected chi connectivity index (χ2v) is 7.62. The van der Waals surface area contributed by atoms with Crippen molar-refractivity contribution in [1.82, 2.24) is 14.8 Å². The number of nitrogens with two attached hydrogens (primary N) is 1. The zero-order valence-electron chi connectivity index (χ0n) is 14.9. The van der Waals surface area contributed by atoms with Crippen LogP contribution in [-0.2, 0) is 11.3 Å². The molecule has 3 rings (SSSR count). The van der Waals surface area contributed by atoms with Crippen molar-refractivity contribution < 1.29 is 9.59 Å². The molecule has 7 nitrogen and oxygen atoms in total. The number of hydrogen-bond acceptors (Lipinski definition) is 6. The number of carbonyl (C=O) groups is 2. The van der Waals surface area contributed by atoms with E-state index in [1.807, 2.05) is 29.0 Å². The highest BCUT2D eigenvalue weighted by Crippen LogP contribution is 2.27. The molecule has 140 valence electrons. The standard InChI is InChI=1S/C18H19N5O2S2/c1-3-23-17(13-8-5-9-26-13)21-22-18(23)27-10-14(24)20-12-7-4-6-11(2)15(12)16(19)25/h4-9H,3,10H2,1-2H3,(H2,19,25)(H,20,24). The van der Waals surface area contributed by atoms with Crippen LogP contribution in [-0.4, -0.2) is 32.3 Å². The van der Waals surface area contributed by atoms with Crippen LogP contribution in [0.2, 0.25) is 0 Å². The molecular weight excluding hydrogens is 382 g/mol. The molecular formula is C18H19N5O2S2. The number of carbonyl (C=O) groups excluding carboxylic acids is 2. The topological polar surface area (TPSA) is 103 Å². The van der Waals surface area contributed by atoms with E-state index in [4.69, 9.17) is 5.73 Å². The smallest absolute Gasteiger partial charge is 0.251 e. The van der Waals surface area contributed by atoms with E-state index in [2.05, 4.69) is 15.5 Å². The van der Waals surface area contributed by atoms with Gasteiger partial charge in [-0.1, -0.05) is 30.0 Å². The maximum Gasteiger partial charge on any atom is 0.251 e. The molecule has 0 atom stereocenters. The number of nitrogens with zero attached hydrogens (tertiary/aromatic N) is 3. The number of primary amides is 1. The summed E-state index contributed by atoms with van der Waals surface area (Å²) in [5.74, 6) is 0.137.